The Labute approximate surface area is 156 Å². The number of aliphatic imine (C=N–C) groups is 1. The van der Waals surface area contributed by atoms with Gasteiger partial charge in [0.05, 0.1) is 5.69 Å². The van der Waals surface area contributed by atoms with E-state index in [2.05, 4.69) is 15.3 Å². The highest BCUT2D eigenvalue weighted by molar-refractivity contribution is 6.30. The van der Waals surface area contributed by atoms with Gasteiger partial charge in [-0.1, -0.05) is 11.6 Å². The van der Waals surface area contributed by atoms with Crippen LogP contribution in [0, 0.1) is 5.82 Å². The minimum atomic E-state index is -4.48. The first-order valence-corrected chi connectivity index (χ1v) is 8.66. The predicted molar refractivity (Wildman–Crippen MR) is 95.3 cm³/mol. The van der Waals surface area contributed by atoms with Gasteiger partial charge in [0, 0.05) is 33.4 Å². The minimum absolute atomic E-state index is 0.298. The topological polar surface area (TPSA) is 40.2 Å². The molecule has 3 heterocycles. The SMILES string of the molecule is Fc1ccc2[nH]c3c(c2c1)C[C@@H](C(F)(F)F)N[C@]31C=Nc2ccc(Cl)cc21. The number of alkyl halides is 3. The van der Waals surface area contributed by atoms with Crippen LogP contribution < -0.4 is 5.32 Å². The first-order chi connectivity index (χ1) is 12.8. The third-order valence-corrected chi connectivity index (χ3v) is 5.48. The van der Waals surface area contributed by atoms with Crippen LogP contribution in [0.25, 0.3) is 10.9 Å². The van der Waals surface area contributed by atoms with Crippen LogP contribution in [0.15, 0.2) is 41.4 Å². The number of H-pyrrole nitrogens is 1. The van der Waals surface area contributed by atoms with Crippen molar-refractivity contribution in [3.05, 3.63) is 64.1 Å². The van der Waals surface area contributed by atoms with E-state index in [9.17, 15) is 17.6 Å². The van der Waals surface area contributed by atoms with Crippen LogP contribution in [0.2, 0.25) is 5.02 Å². The fourth-order valence-electron chi connectivity index (χ4n) is 4.06. The number of hydrogen-bond donors (Lipinski definition) is 2. The van der Waals surface area contributed by atoms with E-state index >= 15 is 0 Å². The summed E-state index contributed by atoms with van der Waals surface area (Å²) in [6, 6.07) is 7.20. The molecule has 0 unspecified atom stereocenters. The first-order valence-electron chi connectivity index (χ1n) is 8.28. The number of hydrogen-bond acceptors (Lipinski definition) is 2. The molecule has 0 bridgehead atoms. The molecular formula is C19H12ClF4N3. The molecule has 2 aliphatic heterocycles. The monoisotopic (exact) mass is 393 g/mol. The molecule has 0 saturated carbocycles. The van der Waals surface area contributed by atoms with Crippen LogP contribution in [0.1, 0.15) is 16.8 Å². The van der Waals surface area contributed by atoms with Gasteiger partial charge in [-0.05, 0) is 48.4 Å². The van der Waals surface area contributed by atoms with Crippen molar-refractivity contribution in [2.75, 3.05) is 0 Å². The Morgan fingerprint density at radius 2 is 1.96 bits per heavy atom. The highest BCUT2D eigenvalue weighted by Crippen LogP contribution is 2.47. The van der Waals surface area contributed by atoms with Gasteiger partial charge in [-0.25, -0.2) is 4.39 Å². The zero-order valence-electron chi connectivity index (χ0n) is 13.7. The molecule has 0 radical (unpaired) electrons. The summed E-state index contributed by atoms with van der Waals surface area (Å²) in [4.78, 5) is 7.49. The Balaban J connectivity index is 1.83. The normalized spacial score (nSPS) is 23.8. The van der Waals surface area contributed by atoms with Crippen LogP contribution in [0.3, 0.4) is 0 Å². The van der Waals surface area contributed by atoms with Crippen molar-refractivity contribution in [1.29, 1.82) is 0 Å². The molecule has 0 saturated heterocycles. The van der Waals surface area contributed by atoms with Crippen molar-refractivity contribution in [1.82, 2.24) is 10.3 Å². The summed E-state index contributed by atoms with van der Waals surface area (Å²) in [6.07, 6.45) is -3.30. The highest BCUT2D eigenvalue weighted by atomic mass is 35.5. The molecule has 27 heavy (non-hydrogen) atoms. The average Bonchev–Trinajstić information content (AvgIpc) is 3.14. The largest absolute Gasteiger partial charge is 0.404 e. The molecule has 0 aliphatic carbocycles. The van der Waals surface area contributed by atoms with E-state index in [4.69, 9.17) is 11.6 Å². The van der Waals surface area contributed by atoms with Gasteiger partial charge in [0.15, 0.2) is 0 Å². The summed E-state index contributed by atoms with van der Waals surface area (Å²) < 4.78 is 54.9. The van der Waals surface area contributed by atoms with Crippen LogP contribution >= 0.6 is 11.6 Å². The Morgan fingerprint density at radius 3 is 2.74 bits per heavy atom. The zero-order chi connectivity index (χ0) is 19.0. The molecular weight excluding hydrogens is 382 g/mol. The third kappa shape index (κ3) is 2.34. The van der Waals surface area contributed by atoms with E-state index in [1.807, 2.05) is 0 Å². The van der Waals surface area contributed by atoms with Crippen molar-refractivity contribution in [3.63, 3.8) is 0 Å². The summed E-state index contributed by atoms with van der Waals surface area (Å²) in [6.45, 7) is 0. The maximum Gasteiger partial charge on any atom is 0.404 e. The van der Waals surface area contributed by atoms with E-state index in [0.29, 0.717) is 38.4 Å². The summed E-state index contributed by atoms with van der Waals surface area (Å²) in [7, 11) is 0. The number of nitrogens with zero attached hydrogens (tertiary/aromatic N) is 1. The number of fused-ring (bicyclic) bond motifs is 6. The maximum absolute atomic E-state index is 13.8. The number of benzene rings is 2. The minimum Gasteiger partial charge on any atom is -0.356 e. The highest BCUT2D eigenvalue weighted by Gasteiger charge is 2.53. The second kappa shape index (κ2) is 5.33. The van der Waals surface area contributed by atoms with Gasteiger partial charge >= 0.3 is 6.18 Å². The van der Waals surface area contributed by atoms with Gasteiger partial charge < -0.3 is 4.98 Å². The third-order valence-electron chi connectivity index (χ3n) is 5.25. The van der Waals surface area contributed by atoms with Gasteiger partial charge in [-0.2, -0.15) is 13.2 Å². The molecule has 0 amide bonds. The molecule has 3 nitrogen and oxygen atoms in total. The number of halogens is 5. The summed E-state index contributed by atoms with van der Waals surface area (Å²) in [5, 5.41) is 3.58. The van der Waals surface area contributed by atoms with Gasteiger partial charge in [0.2, 0.25) is 0 Å². The molecule has 8 heteroatoms. The lowest BCUT2D eigenvalue weighted by molar-refractivity contribution is -0.159. The predicted octanol–water partition coefficient (Wildman–Crippen LogP) is 5.00. The van der Waals surface area contributed by atoms with Crippen molar-refractivity contribution >= 4 is 34.4 Å². The Hall–Kier alpha value is -2.38. The summed E-state index contributed by atoms with van der Waals surface area (Å²) >= 11 is 6.11. The standard InChI is InChI=1S/C19H12ClF4N3/c20-9-1-3-15-13(5-9)18(8-25-15)17-12(7-16(27-18)19(22,23)24)11-6-10(21)2-4-14(11)26-17/h1-6,8,16,26-27H,7H2/t16-,18-/m0/s1. The summed E-state index contributed by atoms with van der Waals surface area (Å²) in [5.41, 5.74) is 1.33. The second-order valence-corrected chi connectivity index (χ2v) is 7.28. The van der Waals surface area contributed by atoms with Gasteiger partial charge in [-0.3, -0.25) is 10.3 Å². The molecule has 1 spiro atoms. The first kappa shape index (κ1) is 16.8. The van der Waals surface area contributed by atoms with Crippen molar-refractivity contribution in [2.45, 2.75) is 24.2 Å². The van der Waals surface area contributed by atoms with Gasteiger partial charge in [-0.15, -0.1) is 0 Å². The molecule has 0 fully saturated rings. The smallest absolute Gasteiger partial charge is 0.356 e. The molecule has 2 N–H and O–H groups in total. The summed E-state index contributed by atoms with van der Waals surface area (Å²) in [5.74, 6) is -0.496. The molecule has 138 valence electrons. The zero-order valence-corrected chi connectivity index (χ0v) is 14.4. The number of rotatable bonds is 0. The van der Waals surface area contributed by atoms with E-state index in [1.54, 1.807) is 18.2 Å². The number of aromatic amines is 1. The fourth-order valence-corrected chi connectivity index (χ4v) is 4.23. The maximum atomic E-state index is 13.8. The van der Waals surface area contributed by atoms with Crippen LogP contribution in [0.4, 0.5) is 23.2 Å². The quantitative estimate of drug-likeness (QED) is 0.519. The lowest BCUT2D eigenvalue weighted by Crippen LogP contribution is -2.58. The number of nitrogens with one attached hydrogen (secondary N) is 2. The van der Waals surface area contributed by atoms with E-state index < -0.39 is 23.6 Å². The Bertz CT molecular complexity index is 1120. The lowest BCUT2D eigenvalue weighted by Gasteiger charge is -2.39. The van der Waals surface area contributed by atoms with E-state index in [0.717, 1.165) is 0 Å². The van der Waals surface area contributed by atoms with Crippen LogP contribution in [0.5, 0.6) is 0 Å². The van der Waals surface area contributed by atoms with Crippen LogP contribution in [-0.4, -0.2) is 23.4 Å². The van der Waals surface area contributed by atoms with Crippen molar-refractivity contribution < 1.29 is 17.6 Å². The van der Waals surface area contributed by atoms with Gasteiger partial charge in [0.25, 0.3) is 0 Å². The Morgan fingerprint density at radius 1 is 1.15 bits per heavy atom. The van der Waals surface area contributed by atoms with E-state index in [1.165, 1.54) is 24.4 Å². The number of aromatic nitrogens is 1. The van der Waals surface area contributed by atoms with Gasteiger partial charge in [0.1, 0.15) is 17.4 Å². The van der Waals surface area contributed by atoms with E-state index in [-0.39, 0.29) is 6.42 Å². The molecule has 1 aromatic heterocycles. The molecule has 2 aliphatic rings. The molecule has 2 atom stereocenters. The van der Waals surface area contributed by atoms with Crippen LogP contribution in [-0.2, 0) is 12.0 Å². The Kier molecular flexibility index (Phi) is 3.31. The molecule has 3 aromatic rings. The van der Waals surface area contributed by atoms with Crippen molar-refractivity contribution in [2.24, 2.45) is 4.99 Å². The molecule has 2 aromatic carbocycles. The average molecular weight is 394 g/mol. The van der Waals surface area contributed by atoms with Crippen molar-refractivity contribution in [3.8, 4) is 0 Å². The lowest BCUT2D eigenvalue weighted by atomic mass is 9.80. The second-order valence-electron chi connectivity index (χ2n) is 6.84. The fraction of sp³-hybridized carbons (Fsp3) is 0.211. The molecule has 5 rings (SSSR count).